The Labute approximate surface area is 184 Å². The van der Waals surface area contributed by atoms with Crippen LogP contribution in [0.1, 0.15) is 22.6 Å². The van der Waals surface area contributed by atoms with Gasteiger partial charge in [-0.25, -0.2) is 0 Å². The largest absolute Gasteiger partial charge is 0.496 e. The second-order valence-corrected chi connectivity index (χ2v) is 7.91. The van der Waals surface area contributed by atoms with Crippen molar-refractivity contribution in [1.82, 2.24) is 9.72 Å². The highest BCUT2D eigenvalue weighted by molar-refractivity contribution is 6.30. The molecular formula is C24H23ClN2O4. The molecule has 0 saturated heterocycles. The summed E-state index contributed by atoms with van der Waals surface area (Å²) in [6.45, 7) is 3.86. The van der Waals surface area contributed by atoms with Gasteiger partial charge in [0.2, 0.25) is 0 Å². The third kappa shape index (κ3) is 3.96. The summed E-state index contributed by atoms with van der Waals surface area (Å²) >= 11 is 5.98. The molecule has 0 bridgehead atoms. The summed E-state index contributed by atoms with van der Waals surface area (Å²) in [6.07, 6.45) is 0.648. The van der Waals surface area contributed by atoms with Gasteiger partial charge in [0.05, 0.1) is 30.5 Å². The first-order valence-corrected chi connectivity index (χ1v) is 10.3. The first kappa shape index (κ1) is 21.2. The van der Waals surface area contributed by atoms with Crippen LogP contribution in [0.5, 0.6) is 5.75 Å². The Hall–Kier alpha value is -3.09. The van der Waals surface area contributed by atoms with E-state index in [0.717, 1.165) is 33.3 Å². The zero-order valence-corrected chi connectivity index (χ0v) is 18.4. The van der Waals surface area contributed by atoms with Gasteiger partial charge in [0.25, 0.3) is 5.56 Å². The summed E-state index contributed by atoms with van der Waals surface area (Å²) in [5, 5.41) is 15.3. The molecule has 4 aromatic rings. The van der Waals surface area contributed by atoms with Crippen molar-refractivity contribution in [2.24, 2.45) is 0 Å². The number of methoxy groups -OCH3 is 1. The van der Waals surface area contributed by atoms with Crippen LogP contribution in [0.15, 0.2) is 51.8 Å². The number of hydrogen-bond donors (Lipinski definition) is 1. The highest BCUT2D eigenvalue weighted by Gasteiger charge is 2.19. The lowest BCUT2D eigenvalue weighted by molar-refractivity contribution is 0.279. The fourth-order valence-electron chi connectivity index (χ4n) is 3.93. The Morgan fingerprint density at radius 2 is 1.90 bits per heavy atom. The predicted molar refractivity (Wildman–Crippen MR) is 121 cm³/mol. The number of aliphatic hydroxyl groups excluding tert-OH is 1. The third-order valence-corrected chi connectivity index (χ3v) is 5.75. The van der Waals surface area contributed by atoms with Crippen LogP contribution in [-0.4, -0.2) is 21.9 Å². The summed E-state index contributed by atoms with van der Waals surface area (Å²) in [5.41, 5.74) is 4.39. The Balaban J connectivity index is 1.88. The van der Waals surface area contributed by atoms with Gasteiger partial charge in [0.15, 0.2) is 0 Å². The summed E-state index contributed by atoms with van der Waals surface area (Å²) in [4.78, 5) is 13.0. The zero-order valence-electron chi connectivity index (χ0n) is 17.6. The van der Waals surface area contributed by atoms with Crippen LogP contribution in [0.4, 0.5) is 0 Å². The second kappa shape index (κ2) is 8.57. The lowest BCUT2D eigenvalue weighted by atomic mass is 9.99. The molecule has 1 N–H and O–H groups in total. The molecule has 0 unspecified atom stereocenters. The van der Waals surface area contributed by atoms with E-state index in [1.807, 2.05) is 50.2 Å². The van der Waals surface area contributed by atoms with Crippen LogP contribution in [0.3, 0.4) is 0 Å². The number of rotatable bonds is 6. The molecule has 0 fully saturated rings. The van der Waals surface area contributed by atoms with E-state index in [1.165, 1.54) is 0 Å². The van der Waals surface area contributed by atoms with E-state index in [4.69, 9.17) is 20.9 Å². The fourth-order valence-corrected chi connectivity index (χ4v) is 4.05. The molecule has 0 aliphatic heterocycles. The maximum atomic E-state index is 13.0. The van der Waals surface area contributed by atoms with Gasteiger partial charge in [-0.15, -0.1) is 0 Å². The number of aryl methyl sites for hydroxylation is 4. The second-order valence-electron chi connectivity index (χ2n) is 7.47. The van der Waals surface area contributed by atoms with Crippen molar-refractivity contribution >= 4 is 22.5 Å². The minimum absolute atomic E-state index is 0.212. The molecule has 0 saturated carbocycles. The van der Waals surface area contributed by atoms with Crippen molar-refractivity contribution in [1.29, 1.82) is 0 Å². The van der Waals surface area contributed by atoms with E-state index in [0.29, 0.717) is 35.1 Å². The van der Waals surface area contributed by atoms with Gasteiger partial charge in [-0.05, 0) is 55.5 Å². The molecular weight excluding hydrogens is 416 g/mol. The van der Waals surface area contributed by atoms with Crippen molar-refractivity contribution < 1.29 is 14.4 Å². The average Bonchev–Trinajstić information content (AvgIpc) is 3.10. The van der Waals surface area contributed by atoms with Crippen molar-refractivity contribution in [2.45, 2.75) is 33.4 Å². The van der Waals surface area contributed by atoms with E-state index in [-0.39, 0.29) is 12.2 Å². The molecule has 0 spiro atoms. The SMILES string of the molecule is COc1cc2c(cc1-c1c(C)noc1C)cc(CO)c(=O)n2CCc1ccc(Cl)cc1. The first-order chi connectivity index (χ1) is 14.9. The van der Waals surface area contributed by atoms with Crippen molar-refractivity contribution in [3.05, 3.63) is 80.4 Å². The quantitative estimate of drug-likeness (QED) is 0.473. The van der Waals surface area contributed by atoms with Crippen LogP contribution >= 0.6 is 11.6 Å². The van der Waals surface area contributed by atoms with Crippen molar-refractivity contribution in [2.75, 3.05) is 7.11 Å². The van der Waals surface area contributed by atoms with Gasteiger partial charge in [-0.2, -0.15) is 0 Å². The Kier molecular flexibility index (Phi) is 5.85. The van der Waals surface area contributed by atoms with Gasteiger partial charge < -0.3 is 18.9 Å². The number of hydrogen-bond acceptors (Lipinski definition) is 5. The molecule has 2 aromatic carbocycles. The third-order valence-electron chi connectivity index (χ3n) is 5.50. The molecule has 31 heavy (non-hydrogen) atoms. The maximum Gasteiger partial charge on any atom is 0.256 e. The smallest absolute Gasteiger partial charge is 0.256 e. The van der Waals surface area contributed by atoms with Gasteiger partial charge in [-0.3, -0.25) is 4.79 Å². The summed E-state index contributed by atoms with van der Waals surface area (Å²) in [6, 6.07) is 13.1. The Morgan fingerprint density at radius 1 is 1.16 bits per heavy atom. The van der Waals surface area contributed by atoms with E-state index in [2.05, 4.69) is 5.16 Å². The van der Waals surface area contributed by atoms with E-state index in [1.54, 1.807) is 17.7 Å². The van der Waals surface area contributed by atoms with Crippen LogP contribution < -0.4 is 10.3 Å². The van der Waals surface area contributed by atoms with E-state index >= 15 is 0 Å². The summed E-state index contributed by atoms with van der Waals surface area (Å²) in [5.74, 6) is 1.31. The van der Waals surface area contributed by atoms with Crippen LogP contribution in [0.2, 0.25) is 5.02 Å². The van der Waals surface area contributed by atoms with Gasteiger partial charge in [0.1, 0.15) is 11.5 Å². The first-order valence-electron chi connectivity index (χ1n) is 9.96. The topological polar surface area (TPSA) is 77.5 Å². The molecule has 6 nitrogen and oxygen atoms in total. The highest BCUT2D eigenvalue weighted by atomic mass is 35.5. The number of aromatic nitrogens is 2. The van der Waals surface area contributed by atoms with E-state index in [9.17, 15) is 9.90 Å². The van der Waals surface area contributed by atoms with E-state index < -0.39 is 0 Å². The molecule has 2 heterocycles. The van der Waals surface area contributed by atoms with Gasteiger partial charge >= 0.3 is 0 Å². The predicted octanol–water partition coefficient (Wildman–Crippen LogP) is 4.67. The normalized spacial score (nSPS) is 11.3. The van der Waals surface area contributed by atoms with Crippen LogP contribution in [-0.2, 0) is 19.6 Å². The van der Waals surface area contributed by atoms with Crippen molar-refractivity contribution in [3.63, 3.8) is 0 Å². The van der Waals surface area contributed by atoms with Crippen molar-refractivity contribution in [3.8, 4) is 16.9 Å². The fraction of sp³-hybridized carbons (Fsp3) is 0.250. The number of nitrogens with zero attached hydrogens (tertiary/aromatic N) is 2. The Morgan fingerprint density at radius 3 is 2.52 bits per heavy atom. The molecule has 0 radical (unpaired) electrons. The number of aliphatic hydroxyl groups is 1. The van der Waals surface area contributed by atoms with Crippen LogP contribution in [0.25, 0.3) is 22.0 Å². The molecule has 0 amide bonds. The van der Waals surface area contributed by atoms with Gasteiger partial charge in [0, 0.05) is 28.8 Å². The Bertz CT molecular complexity index is 1290. The molecule has 160 valence electrons. The average molecular weight is 439 g/mol. The lowest BCUT2D eigenvalue weighted by Gasteiger charge is -2.16. The number of fused-ring (bicyclic) bond motifs is 1. The minimum Gasteiger partial charge on any atom is -0.496 e. The maximum absolute atomic E-state index is 13.0. The molecule has 0 atom stereocenters. The van der Waals surface area contributed by atoms with Crippen LogP contribution in [0, 0.1) is 13.8 Å². The number of pyridine rings is 1. The monoisotopic (exact) mass is 438 g/mol. The molecule has 2 aromatic heterocycles. The molecule has 4 rings (SSSR count). The molecule has 0 aliphatic carbocycles. The summed E-state index contributed by atoms with van der Waals surface area (Å²) in [7, 11) is 1.60. The number of halogens is 1. The zero-order chi connectivity index (χ0) is 22.1. The lowest BCUT2D eigenvalue weighted by Crippen LogP contribution is -2.25. The minimum atomic E-state index is -0.331. The van der Waals surface area contributed by atoms with Gasteiger partial charge in [-0.1, -0.05) is 28.9 Å². The molecule has 7 heteroatoms. The standard InChI is InChI=1S/C24H23ClN2O4/c1-14-23(15(2)31-26-14)20-11-17-10-18(13-28)24(29)27(21(17)12-22(20)30-3)9-8-16-4-6-19(25)7-5-16/h4-7,10-12,28H,8-9,13H2,1-3H3. The number of ether oxygens (including phenoxy) is 1. The summed E-state index contributed by atoms with van der Waals surface area (Å²) < 4.78 is 12.7. The number of benzene rings is 2. The highest BCUT2D eigenvalue weighted by Crippen LogP contribution is 2.37. The molecule has 0 aliphatic rings.